The van der Waals surface area contributed by atoms with E-state index in [0.29, 0.717) is 42.9 Å². The molecule has 2 N–H and O–H groups in total. The van der Waals surface area contributed by atoms with Gasteiger partial charge in [0.25, 0.3) is 0 Å². The number of hydrogen-bond acceptors (Lipinski definition) is 4. The molecule has 0 saturated carbocycles. The van der Waals surface area contributed by atoms with Gasteiger partial charge < -0.3 is 10.6 Å². The summed E-state index contributed by atoms with van der Waals surface area (Å²) in [6, 6.07) is 8.33. The fourth-order valence-electron chi connectivity index (χ4n) is 4.27. The van der Waals surface area contributed by atoms with Crippen LogP contribution in [0.1, 0.15) is 51.5 Å². The number of sulfonamides is 1. The van der Waals surface area contributed by atoms with Gasteiger partial charge in [0.2, 0.25) is 15.9 Å². The van der Waals surface area contributed by atoms with Crippen molar-refractivity contribution in [2.75, 3.05) is 13.1 Å². The van der Waals surface area contributed by atoms with Gasteiger partial charge in [-0.3, -0.25) is 4.79 Å². The third kappa shape index (κ3) is 4.89. The third-order valence-corrected chi connectivity index (χ3v) is 7.81. The van der Waals surface area contributed by atoms with E-state index in [2.05, 4.69) is 10.6 Å². The molecule has 2 atom stereocenters. The number of amides is 1. The molecule has 1 aromatic rings. The Kier molecular flexibility index (Phi) is 6.55. The van der Waals surface area contributed by atoms with Crippen molar-refractivity contribution >= 4 is 15.9 Å². The van der Waals surface area contributed by atoms with Gasteiger partial charge >= 0.3 is 0 Å². The molecular weight excluding hydrogens is 362 g/mol. The van der Waals surface area contributed by atoms with Crippen molar-refractivity contribution in [1.82, 2.24) is 14.9 Å². The monoisotopic (exact) mass is 393 g/mol. The van der Waals surface area contributed by atoms with Crippen LogP contribution >= 0.6 is 0 Å². The number of benzene rings is 1. The van der Waals surface area contributed by atoms with Gasteiger partial charge in [0.05, 0.1) is 4.90 Å². The molecule has 7 heteroatoms. The van der Waals surface area contributed by atoms with Crippen molar-refractivity contribution < 1.29 is 13.2 Å². The first-order chi connectivity index (χ1) is 12.9. The lowest BCUT2D eigenvalue weighted by atomic mass is 9.99. The summed E-state index contributed by atoms with van der Waals surface area (Å²) in [4.78, 5) is 12.6. The second-order valence-electron chi connectivity index (χ2n) is 7.61. The van der Waals surface area contributed by atoms with Crippen LogP contribution in [0.25, 0.3) is 0 Å². The van der Waals surface area contributed by atoms with E-state index in [1.54, 1.807) is 12.1 Å². The van der Waals surface area contributed by atoms with Gasteiger partial charge in [-0.15, -0.1) is 0 Å². The summed E-state index contributed by atoms with van der Waals surface area (Å²) in [6.07, 6.45) is 5.55. The van der Waals surface area contributed by atoms with Crippen LogP contribution in [-0.4, -0.2) is 49.8 Å². The Labute approximate surface area is 162 Å². The van der Waals surface area contributed by atoms with Crippen molar-refractivity contribution in [3.8, 4) is 0 Å². The predicted molar refractivity (Wildman–Crippen MR) is 106 cm³/mol. The predicted octanol–water partition coefficient (Wildman–Crippen LogP) is 2.05. The number of aryl methyl sites for hydroxylation is 1. The Morgan fingerprint density at radius 3 is 2.26 bits per heavy atom. The van der Waals surface area contributed by atoms with Crippen LogP contribution in [0.15, 0.2) is 29.2 Å². The van der Waals surface area contributed by atoms with E-state index in [4.69, 9.17) is 0 Å². The minimum Gasteiger partial charge on any atom is -0.353 e. The van der Waals surface area contributed by atoms with Crippen molar-refractivity contribution in [3.05, 3.63) is 29.8 Å². The van der Waals surface area contributed by atoms with Crippen LogP contribution in [0.4, 0.5) is 0 Å². The first kappa shape index (κ1) is 20.3. The Hall–Kier alpha value is -1.44. The SMILES string of the molecule is CCN(CC)S(=O)(=O)c1ccc(CCC(=O)NC2CC3CCC(C2)N3)cc1. The van der Waals surface area contributed by atoms with Gasteiger partial charge in [0.15, 0.2) is 0 Å². The van der Waals surface area contributed by atoms with E-state index < -0.39 is 10.0 Å². The number of carbonyl (C=O) groups excluding carboxylic acids is 1. The molecule has 2 saturated heterocycles. The topological polar surface area (TPSA) is 78.5 Å². The smallest absolute Gasteiger partial charge is 0.243 e. The van der Waals surface area contributed by atoms with E-state index >= 15 is 0 Å². The van der Waals surface area contributed by atoms with E-state index in [0.717, 1.165) is 18.4 Å². The quantitative estimate of drug-likeness (QED) is 0.709. The molecule has 27 heavy (non-hydrogen) atoms. The Balaban J connectivity index is 1.50. The van der Waals surface area contributed by atoms with E-state index in [1.165, 1.54) is 17.1 Å². The Bertz CT molecular complexity index is 732. The van der Waals surface area contributed by atoms with Gasteiger partial charge in [-0.05, 0) is 49.8 Å². The third-order valence-electron chi connectivity index (χ3n) is 5.75. The van der Waals surface area contributed by atoms with Gasteiger partial charge in [-0.25, -0.2) is 8.42 Å². The maximum absolute atomic E-state index is 12.5. The molecule has 150 valence electrons. The molecule has 1 amide bonds. The number of nitrogens with zero attached hydrogens (tertiary/aromatic N) is 1. The highest BCUT2D eigenvalue weighted by Crippen LogP contribution is 2.26. The lowest BCUT2D eigenvalue weighted by Gasteiger charge is -2.29. The molecule has 6 nitrogen and oxygen atoms in total. The molecule has 2 fully saturated rings. The van der Waals surface area contributed by atoms with Gasteiger partial charge in [-0.2, -0.15) is 4.31 Å². The molecule has 0 radical (unpaired) electrons. The van der Waals surface area contributed by atoms with Crippen LogP contribution in [0.2, 0.25) is 0 Å². The van der Waals surface area contributed by atoms with Crippen molar-refractivity contribution in [1.29, 1.82) is 0 Å². The summed E-state index contributed by atoms with van der Waals surface area (Å²) in [6.45, 7) is 4.59. The molecule has 2 unspecified atom stereocenters. The molecule has 2 aliphatic heterocycles. The Morgan fingerprint density at radius 1 is 1.11 bits per heavy atom. The highest BCUT2D eigenvalue weighted by molar-refractivity contribution is 7.89. The lowest BCUT2D eigenvalue weighted by Crippen LogP contribution is -2.48. The molecule has 0 spiro atoms. The largest absolute Gasteiger partial charge is 0.353 e. The summed E-state index contributed by atoms with van der Waals surface area (Å²) < 4.78 is 26.5. The summed E-state index contributed by atoms with van der Waals surface area (Å²) >= 11 is 0. The average Bonchev–Trinajstić information content (AvgIpc) is 2.99. The van der Waals surface area contributed by atoms with E-state index in [1.807, 2.05) is 26.0 Å². The summed E-state index contributed by atoms with van der Waals surface area (Å²) in [5.74, 6) is 0.0844. The maximum Gasteiger partial charge on any atom is 0.243 e. The average molecular weight is 394 g/mol. The number of hydrogen-bond donors (Lipinski definition) is 2. The summed E-state index contributed by atoms with van der Waals surface area (Å²) in [5, 5.41) is 6.76. The number of nitrogens with one attached hydrogen (secondary N) is 2. The molecule has 2 bridgehead atoms. The minimum absolute atomic E-state index is 0.0844. The standard InChI is InChI=1S/C20H31N3O3S/c1-3-23(4-2)27(25,26)19-10-5-15(6-11-19)7-12-20(24)22-18-13-16-8-9-17(14-18)21-16/h5-6,10-11,16-18,21H,3-4,7-9,12-14H2,1-2H3,(H,22,24). The maximum atomic E-state index is 12.5. The first-order valence-corrected chi connectivity index (χ1v) is 11.5. The van der Waals surface area contributed by atoms with E-state index in [-0.39, 0.29) is 11.9 Å². The molecule has 0 aliphatic carbocycles. The van der Waals surface area contributed by atoms with Crippen molar-refractivity contribution in [2.45, 2.75) is 75.4 Å². The lowest BCUT2D eigenvalue weighted by molar-refractivity contribution is -0.122. The van der Waals surface area contributed by atoms with E-state index in [9.17, 15) is 13.2 Å². The van der Waals surface area contributed by atoms with Crippen LogP contribution < -0.4 is 10.6 Å². The zero-order chi connectivity index (χ0) is 19.4. The van der Waals surface area contributed by atoms with Crippen LogP contribution in [-0.2, 0) is 21.2 Å². The highest BCUT2D eigenvalue weighted by atomic mass is 32.2. The van der Waals surface area contributed by atoms with Gasteiger partial charge in [-0.1, -0.05) is 26.0 Å². The number of rotatable bonds is 8. The van der Waals surface area contributed by atoms with Gasteiger partial charge in [0.1, 0.15) is 0 Å². The number of piperidine rings is 1. The minimum atomic E-state index is -3.42. The van der Waals surface area contributed by atoms with Crippen molar-refractivity contribution in [3.63, 3.8) is 0 Å². The normalized spacial score (nSPS) is 24.9. The fourth-order valence-corrected chi connectivity index (χ4v) is 5.73. The molecule has 2 heterocycles. The number of carbonyl (C=O) groups is 1. The van der Waals surface area contributed by atoms with Crippen LogP contribution in [0, 0.1) is 0 Å². The van der Waals surface area contributed by atoms with Crippen LogP contribution in [0.5, 0.6) is 0 Å². The van der Waals surface area contributed by atoms with Gasteiger partial charge in [0, 0.05) is 37.6 Å². The highest BCUT2D eigenvalue weighted by Gasteiger charge is 2.33. The Morgan fingerprint density at radius 2 is 1.70 bits per heavy atom. The fraction of sp³-hybridized carbons (Fsp3) is 0.650. The second kappa shape index (κ2) is 8.71. The molecule has 1 aromatic carbocycles. The molecule has 0 aromatic heterocycles. The molecule has 3 rings (SSSR count). The summed E-state index contributed by atoms with van der Waals surface area (Å²) in [5.41, 5.74) is 0.981. The zero-order valence-corrected chi connectivity index (χ0v) is 17.1. The summed E-state index contributed by atoms with van der Waals surface area (Å²) in [7, 11) is -3.42. The molecular formula is C20H31N3O3S. The number of fused-ring (bicyclic) bond motifs is 2. The second-order valence-corrected chi connectivity index (χ2v) is 9.54. The van der Waals surface area contributed by atoms with Crippen molar-refractivity contribution in [2.24, 2.45) is 0 Å². The first-order valence-electron chi connectivity index (χ1n) is 10.1. The van der Waals surface area contributed by atoms with Crippen LogP contribution in [0.3, 0.4) is 0 Å². The molecule has 2 aliphatic rings. The zero-order valence-electron chi connectivity index (χ0n) is 16.3.